The van der Waals surface area contributed by atoms with Crippen molar-refractivity contribution < 1.29 is 4.74 Å². The maximum absolute atomic E-state index is 5.95. The minimum absolute atomic E-state index is 0.0481. The summed E-state index contributed by atoms with van der Waals surface area (Å²) in [5.74, 6) is 0.736. The highest BCUT2D eigenvalue weighted by Crippen LogP contribution is 2.38. The predicted molar refractivity (Wildman–Crippen MR) is 101 cm³/mol. The standard InChI is InChI=1S/C18H10Cl3N3O/c19-18(20,21)17-23-14-8-4-2-6-12(14)16(24-17)25-15-10-9-11-5-1-3-7-13(11)22-15/h1-10H. The van der Waals surface area contributed by atoms with E-state index in [1.165, 1.54) is 0 Å². The number of nitrogens with zero attached hydrogens (tertiary/aromatic N) is 3. The molecule has 4 aromatic rings. The van der Waals surface area contributed by atoms with Gasteiger partial charge < -0.3 is 4.74 Å². The molecule has 0 N–H and O–H groups in total. The minimum Gasteiger partial charge on any atom is -0.420 e. The Bertz CT molecular complexity index is 1080. The Hall–Kier alpha value is -2.14. The molecule has 0 aliphatic rings. The summed E-state index contributed by atoms with van der Waals surface area (Å²) < 4.78 is 4.15. The number of alkyl halides is 3. The first-order chi connectivity index (χ1) is 12.0. The number of rotatable bonds is 2. The summed E-state index contributed by atoms with van der Waals surface area (Å²) in [6, 6.07) is 18.8. The summed E-state index contributed by atoms with van der Waals surface area (Å²) in [5, 5.41) is 1.72. The molecule has 25 heavy (non-hydrogen) atoms. The molecular formula is C18H10Cl3N3O. The maximum atomic E-state index is 5.95. The lowest BCUT2D eigenvalue weighted by atomic mass is 10.2. The molecule has 0 radical (unpaired) electrons. The Labute approximate surface area is 158 Å². The summed E-state index contributed by atoms with van der Waals surface area (Å²) >= 11 is 17.8. The van der Waals surface area contributed by atoms with E-state index in [1.807, 2.05) is 48.5 Å². The monoisotopic (exact) mass is 389 g/mol. The van der Waals surface area contributed by atoms with Crippen molar-refractivity contribution in [1.29, 1.82) is 0 Å². The molecule has 0 atom stereocenters. The Balaban J connectivity index is 1.84. The van der Waals surface area contributed by atoms with Gasteiger partial charge in [0.05, 0.1) is 16.4 Å². The van der Waals surface area contributed by atoms with Crippen molar-refractivity contribution in [3.63, 3.8) is 0 Å². The van der Waals surface area contributed by atoms with Crippen molar-refractivity contribution in [2.24, 2.45) is 0 Å². The van der Waals surface area contributed by atoms with E-state index in [4.69, 9.17) is 39.5 Å². The van der Waals surface area contributed by atoms with Gasteiger partial charge in [0.2, 0.25) is 15.6 Å². The second-order valence-corrected chi connectivity index (χ2v) is 7.59. The lowest BCUT2D eigenvalue weighted by Gasteiger charge is -2.13. The quantitative estimate of drug-likeness (QED) is 0.406. The highest BCUT2D eigenvalue weighted by Gasteiger charge is 2.28. The van der Waals surface area contributed by atoms with Gasteiger partial charge in [0.25, 0.3) is 0 Å². The largest absolute Gasteiger partial charge is 0.420 e. The van der Waals surface area contributed by atoms with E-state index in [2.05, 4.69) is 15.0 Å². The number of hydrogen-bond donors (Lipinski definition) is 0. The van der Waals surface area contributed by atoms with Crippen molar-refractivity contribution in [2.75, 3.05) is 0 Å². The van der Waals surface area contributed by atoms with Crippen molar-refractivity contribution >= 4 is 56.6 Å². The first-order valence-electron chi connectivity index (χ1n) is 7.38. The fraction of sp³-hybridized carbons (Fsp3) is 0.0556. The van der Waals surface area contributed by atoms with Gasteiger partial charge in [-0.1, -0.05) is 65.1 Å². The lowest BCUT2D eigenvalue weighted by Crippen LogP contribution is -2.08. The zero-order valence-corrected chi connectivity index (χ0v) is 14.9. The summed E-state index contributed by atoms with van der Waals surface area (Å²) in [6.45, 7) is 0. The molecule has 0 saturated heterocycles. The molecule has 124 valence electrons. The lowest BCUT2D eigenvalue weighted by molar-refractivity contribution is 0.449. The molecule has 0 unspecified atom stereocenters. The molecule has 0 aliphatic heterocycles. The van der Waals surface area contributed by atoms with E-state index in [1.54, 1.807) is 12.1 Å². The minimum atomic E-state index is -1.75. The molecule has 4 nitrogen and oxygen atoms in total. The highest BCUT2D eigenvalue weighted by atomic mass is 35.6. The third-order valence-electron chi connectivity index (χ3n) is 3.60. The molecule has 4 rings (SSSR count). The first kappa shape index (κ1) is 16.3. The van der Waals surface area contributed by atoms with Crippen molar-refractivity contribution in [1.82, 2.24) is 15.0 Å². The molecule has 0 fully saturated rings. The van der Waals surface area contributed by atoms with Gasteiger partial charge >= 0.3 is 0 Å². The van der Waals surface area contributed by atoms with E-state index in [0.29, 0.717) is 16.8 Å². The van der Waals surface area contributed by atoms with Crippen LogP contribution in [0.15, 0.2) is 60.7 Å². The average Bonchev–Trinajstić information content (AvgIpc) is 2.61. The van der Waals surface area contributed by atoms with E-state index in [-0.39, 0.29) is 11.7 Å². The summed E-state index contributed by atoms with van der Waals surface area (Å²) in [4.78, 5) is 13.1. The van der Waals surface area contributed by atoms with Crippen LogP contribution in [0.3, 0.4) is 0 Å². The van der Waals surface area contributed by atoms with Gasteiger partial charge in [-0.15, -0.1) is 0 Å². The van der Waals surface area contributed by atoms with E-state index in [0.717, 1.165) is 10.9 Å². The molecule has 2 aromatic heterocycles. The molecule has 0 bridgehead atoms. The number of ether oxygens (including phenoxy) is 1. The second-order valence-electron chi connectivity index (χ2n) is 5.31. The number of pyridine rings is 1. The number of fused-ring (bicyclic) bond motifs is 2. The van der Waals surface area contributed by atoms with Gasteiger partial charge in [0.1, 0.15) is 0 Å². The van der Waals surface area contributed by atoms with Crippen LogP contribution in [0.5, 0.6) is 11.8 Å². The Morgan fingerprint density at radius 1 is 0.720 bits per heavy atom. The number of halogens is 3. The average molecular weight is 391 g/mol. The molecule has 0 saturated carbocycles. The highest BCUT2D eigenvalue weighted by molar-refractivity contribution is 6.66. The van der Waals surface area contributed by atoms with E-state index >= 15 is 0 Å². The van der Waals surface area contributed by atoms with Crippen molar-refractivity contribution in [2.45, 2.75) is 3.79 Å². The first-order valence-corrected chi connectivity index (χ1v) is 8.52. The number of para-hydroxylation sites is 2. The second kappa shape index (κ2) is 6.30. The van der Waals surface area contributed by atoms with Crippen LogP contribution in [0.25, 0.3) is 21.8 Å². The SMILES string of the molecule is ClC(Cl)(Cl)c1nc(Oc2ccc3ccccc3n2)c2ccccc2n1. The molecule has 2 heterocycles. The van der Waals surface area contributed by atoms with E-state index in [9.17, 15) is 0 Å². The Morgan fingerprint density at radius 2 is 1.44 bits per heavy atom. The fourth-order valence-corrected chi connectivity index (χ4v) is 2.71. The van der Waals surface area contributed by atoms with Crippen molar-refractivity contribution in [3.05, 3.63) is 66.5 Å². The number of hydrogen-bond acceptors (Lipinski definition) is 4. The molecular weight excluding hydrogens is 381 g/mol. The van der Waals surface area contributed by atoms with Crippen LogP contribution >= 0.6 is 34.8 Å². The molecule has 2 aromatic carbocycles. The van der Waals surface area contributed by atoms with Gasteiger partial charge in [0, 0.05) is 11.5 Å². The van der Waals surface area contributed by atoms with Crippen LogP contribution < -0.4 is 4.74 Å². The van der Waals surface area contributed by atoms with Gasteiger partial charge in [0.15, 0.2) is 5.82 Å². The zero-order valence-electron chi connectivity index (χ0n) is 12.7. The van der Waals surface area contributed by atoms with Crippen LogP contribution in [-0.2, 0) is 3.79 Å². The smallest absolute Gasteiger partial charge is 0.250 e. The number of aromatic nitrogens is 3. The normalized spacial score (nSPS) is 11.8. The van der Waals surface area contributed by atoms with Gasteiger partial charge in [-0.3, -0.25) is 0 Å². The number of benzene rings is 2. The van der Waals surface area contributed by atoms with Gasteiger partial charge in [-0.2, -0.15) is 4.98 Å². The van der Waals surface area contributed by atoms with Crippen LogP contribution in [0.1, 0.15) is 5.82 Å². The maximum Gasteiger partial charge on any atom is 0.250 e. The summed E-state index contributed by atoms with van der Waals surface area (Å²) in [5.41, 5.74) is 1.44. The Kier molecular flexibility index (Phi) is 4.12. The van der Waals surface area contributed by atoms with Gasteiger partial charge in [-0.25, -0.2) is 9.97 Å². The van der Waals surface area contributed by atoms with Crippen LogP contribution in [0.2, 0.25) is 0 Å². The van der Waals surface area contributed by atoms with Gasteiger partial charge in [-0.05, 0) is 24.3 Å². The van der Waals surface area contributed by atoms with E-state index < -0.39 is 3.79 Å². The van der Waals surface area contributed by atoms with Crippen molar-refractivity contribution in [3.8, 4) is 11.8 Å². The Morgan fingerprint density at radius 3 is 2.24 bits per heavy atom. The molecule has 0 aliphatic carbocycles. The molecule has 7 heteroatoms. The summed E-state index contributed by atoms with van der Waals surface area (Å²) in [6.07, 6.45) is 0. The predicted octanol–water partition coefficient (Wildman–Crippen LogP) is 5.80. The summed E-state index contributed by atoms with van der Waals surface area (Å²) in [7, 11) is 0. The molecule has 0 spiro atoms. The third kappa shape index (κ3) is 3.33. The van der Waals surface area contributed by atoms with Crippen LogP contribution in [0, 0.1) is 0 Å². The zero-order chi connectivity index (χ0) is 17.4. The third-order valence-corrected chi connectivity index (χ3v) is 4.10. The fourth-order valence-electron chi connectivity index (χ4n) is 2.46. The molecule has 0 amide bonds. The van der Waals surface area contributed by atoms with Crippen LogP contribution in [0.4, 0.5) is 0 Å². The van der Waals surface area contributed by atoms with Crippen LogP contribution in [-0.4, -0.2) is 15.0 Å². The topological polar surface area (TPSA) is 47.9 Å².